The molecular weight excluding hydrogens is 2450 g/mol. The number of hydrogen-bond donors (Lipinski definition) is 5. The number of carboxylic acids is 1. The molecule has 0 aromatic heterocycles. The molecule has 0 fully saturated rings. The maximum absolute atomic E-state index is 11.7. The number of benzene rings is 14. The van der Waals surface area contributed by atoms with Crippen molar-refractivity contribution in [2.75, 3.05) is 107 Å². The molecule has 0 radical (unpaired) electrons. The van der Waals surface area contributed by atoms with Crippen LogP contribution in [0, 0.1) is 17.9 Å². The van der Waals surface area contributed by atoms with Gasteiger partial charge >= 0.3 is 90.7 Å². The molecule has 778 valence electrons. The molecule has 0 bridgehead atoms. The second-order valence-electron chi connectivity index (χ2n) is 30.8. The second-order valence-corrected chi connectivity index (χ2v) is 79.3. The zero-order valence-electron chi connectivity index (χ0n) is 76.7. The van der Waals surface area contributed by atoms with E-state index in [0.29, 0.717) is 52.0 Å². The minimum Gasteiger partial charge on any atom is -0.354 e. The molecule has 14 aromatic rings. The van der Waals surface area contributed by atoms with Gasteiger partial charge in [0.25, 0.3) is 0 Å². The monoisotopic (exact) mass is 2570 g/mol. The Balaban J connectivity index is 0.000000230. The van der Waals surface area contributed by atoms with Gasteiger partial charge in [-0.2, -0.15) is 5.26 Å². The number of nitriles is 1. The van der Waals surface area contributed by atoms with Crippen LogP contribution in [0.25, 0.3) is 4.85 Å². The summed E-state index contributed by atoms with van der Waals surface area (Å²) >= 11 is 30.6. The molecule has 0 saturated carbocycles. The van der Waals surface area contributed by atoms with E-state index in [-0.39, 0.29) is 81.7 Å². The van der Waals surface area contributed by atoms with E-state index in [4.69, 9.17) is 63.6 Å². The SMILES string of the molecule is C.C.C.C.C.C.C=CC#N.CCOC(=O)CCN1c2ccccc2Sc2ccccc21.O=C(O)CCN1c2ccccc2Sc2ccccc21.O=P(Cl)(Cl)OCCCN1c2ccccc2Sc2ccccc21.O=P(O)(O)OCCCN1c2ccccc2Sc2ccccc21.OCCCN1c2ccccc2Sc2ccccc21.[C-]#[N+]CCN1c2ccccc2Sc2ccccc21.[I][V]([I])[I].c1ccc2c(c1)Nc1ccccc1S2. The van der Waals surface area contributed by atoms with E-state index >= 15 is 0 Å². The maximum Gasteiger partial charge on any atom is 0.0526 e. The molecule has 20 nitrogen and oxygen atoms in total. The van der Waals surface area contributed by atoms with Gasteiger partial charge in [0.1, 0.15) is 0 Å². The van der Waals surface area contributed by atoms with Crippen LogP contribution in [-0.2, 0) is 37.4 Å². The number of carbonyl (C=O) groups is 2. The van der Waals surface area contributed by atoms with Crippen molar-refractivity contribution in [3.8, 4) is 6.07 Å². The smallest absolute Gasteiger partial charge is 0.0526 e. The van der Waals surface area contributed by atoms with Crippen molar-refractivity contribution in [1.29, 1.82) is 5.26 Å². The van der Waals surface area contributed by atoms with Crippen molar-refractivity contribution in [1.82, 2.24) is 0 Å². The van der Waals surface area contributed by atoms with Crippen LogP contribution in [0.5, 0.6) is 0 Å². The van der Waals surface area contributed by atoms with Gasteiger partial charge in [-0.05, 0) is 219 Å². The molecular formula is C113H123Cl2I3N9O11P2S7V. The van der Waals surface area contributed by atoms with Crippen molar-refractivity contribution in [2.24, 2.45) is 0 Å². The largest absolute Gasteiger partial charge is 0.354 e. The van der Waals surface area contributed by atoms with Crippen LogP contribution in [-0.4, -0.2) is 104 Å². The average molecular weight is 2570 g/mol. The third-order valence-electron chi connectivity index (χ3n) is 21.5. The summed E-state index contributed by atoms with van der Waals surface area (Å²) in [7, 11) is -4.39. The molecule has 148 heavy (non-hydrogen) atoms. The number of phosphoric ester groups is 1. The van der Waals surface area contributed by atoms with Crippen molar-refractivity contribution in [3.63, 3.8) is 0 Å². The number of nitrogens with zero attached hydrogens (tertiary/aromatic N) is 8. The van der Waals surface area contributed by atoms with Gasteiger partial charge in [-0.1, -0.05) is 303 Å². The van der Waals surface area contributed by atoms with E-state index in [9.17, 15) is 18.7 Å². The molecule has 21 rings (SSSR count). The van der Waals surface area contributed by atoms with Gasteiger partial charge in [0.2, 0.25) is 6.54 Å². The van der Waals surface area contributed by atoms with Gasteiger partial charge in [-0.25, -0.2) is 11.1 Å². The summed E-state index contributed by atoms with van der Waals surface area (Å²) in [5.41, 5.74) is 16.4. The zero-order chi connectivity index (χ0) is 100. The number of phosphoric acid groups is 1. The van der Waals surface area contributed by atoms with E-state index in [1.165, 1.54) is 120 Å². The number of para-hydroxylation sites is 14. The van der Waals surface area contributed by atoms with Crippen LogP contribution in [0.2, 0.25) is 0 Å². The average Bonchev–Trinajstić information content (AvgIpc) is 0.784. The third-order valence-corrected chi connectivity index (χ3v) is 31.0. The Hall–Kier alpha value is -8.60. The first-order valence-electron chi connectivity index (χ1n) is 44.9. The number of aliphatic hydroxyl groups is 1. The number of carbonyl (C=O) groups excluding carboxylic acids is 1. The summed E-state index contributed by atoms with van der Waals surface area (Å²) in [6.45, 7) is 17.5. The molecule has 7 aliphatic rings. The fourth-order valence-electron chi connectivity index (χ4n) is 15.5. The number of halogens is 5. The number of aliphatic hydroxyl groups excluding tert-OH is 1. The summed E-state index contributed by atoms with van der Waals surface area (Å²) in [5.74, 6) is -0.918. The van der Waals surface area contributed by atoms with Crippen LogP contribution in [0.15, 0.2) is 421 Å². The molecule has 0 unspecified atom stereocenters. The number of anilines is 14. The number of fused-ring (bicyclic) bond motifs is 14. The number of hydrogen-bond acceptors (Lipinski definition) is 23. The molecule has 0 spiro atoms. The van der Waals surface area contributed by atoms with Gasteiger partial charge in [0.15, 0.2) is 0 Å². The van der Waals surface area contributed by atoms with Crippen LogP contribution < -0.4 is 34.7 Å². The Morgan fingerprint density at radius 1 is 0.392 bits per heavy atom. The fraction of sp³-hybridized carbons (Fsp3) is 0.204. The predicted octanol–water partition coefficient (Wildman–Crippen LogP) is 37.0. The molecule has 14 aromatic carbocycles. The van der Waals surface area contributed by atoms with Gasteiger partial charge in [-0.15, -0.1) is 0 Å². The van der Waals surface area contributed by atoms with E-state index in [1.807, 2.05) is 140 Å². The number of allylic oxidation sites excluding steroid dienone is 1. The summed E-state index contributed by atoms with van der Waals surface area (Å²) in [6.07, 6.45) is 0.246. The van der Waals surface area contributed by atoms with Gasteiger partial charge in [0, 0.05) is 114 Å². The Morgan fingerprint density at radius 3 is 0.824 bits per heavy atom. The van der Waals surface area contributed by atoms with Crippen molar-refractivity contribution >= 4 is 270 Å². The maximum atomic E-state index is 11.7. The number of esters is 1. The molecule has 7 heterocycles. The van der Waals surface area contributed by atoms with Gasteiger partial charge < -0.3 is 68.8 Å². The molecule has 35 heteroatoms. The minimum absolute atomic E-state index is 0. The quantitative estimate of drug-likeness (QED) is 0.0106. The molecule has 5 N–H and O–H groups in total. The van der Waals surface area contributed by atoms with Gasteiger partial charge in [0.05, 0.1) is 125 Å². The van der Waals surface area contributed by atoms with E-state index in [2.05, 4.69) is 341 Å². The van der Waals surface area contributed by atoms with Crippen molar-refractivity contribution in [3.05, 3.63) is 364 Å². The summed E-state index contributed by atoms with van der Waals surface area (Å²) < 4.78 is 36.4. The number of aliphatic carboxylic acids is 1. The molecule has 0 atom stereocenters. The number of rotatable bonds is 22. The first kappa shape index (κ1) is 126. The Morgan fingerprint density at radius 2 is 0.601 bits per heavy atom. The standard InChI is InChI=1S/C17H17NO2S.C15H14Cl2NO2PS.C15H12N2S.C15H16NO4PS.C15H13NO2S.C15H15NOS.C12H9NS.C3H3N.6CH4.3HI.V/c1-2-20-17(19)11-12-18-13-7-3-5-9-15(13)21-16-10-6-4-8-14(16)18;16-21(17,19)20-11-5-10-18-12-6-1-3-8-14(12)22-15-9-4-2-7-13(15)18;1-16-10-11-17-12-6-2-4-8-14(12)18-15-9-5-3-7-13(15)17;17-21(18,19)20-11-5-10-16-12-6-1-3-8-14(12)22-15-9-4-2-7-13(15)16;17-15(18)9-10-16-11-5-1-3-7-13(11)19-14-8-4-2-6-12(14)16;17-11-5-10-16-12-6-1-3-8-14(12)18-15-9-4-2-7-13(15)16;1-3-7-11-9(5-1)13-10-6-2-4-8-12(10)14-11;1-2-3-4;;;;;;;;;;/h3-10H,2,11-12H2,1H3;1-4,6-9H,5,10-11H2;2-9H,10-11H2;1-4,6-9H,5,10-11H2,(H2,17,18,19);1-8H,9-10H2,(H,17,18);1-4,6-9,17H,5,10-11H2;1-8,13H;2H,1H2;6*1H4;3*1H;/q;;;;;;;;;;;;;;;;;+3/p-3. The topological polar surface area (TPSA) is 237 Å². The first-order chi connectivity index (χ1) is 69.0. The van der Waals surface area contributed by atoms with Gasteiger partial charge in [-0.3, -0.25) is 18.7 Å². The van der Waals surface area contributed by atoms with E-state index in [1.54, 1.807) is 64.9 Å². The van der Waals surface area contributed by atoms with E-state index < -0.39 is 19.9 Å². The Labute approximate surface area is 951 Å². The molecule has 7 aliphatic heterocycles. The molecule has 0 saturated heterocycles. The normalized spacial score (nSPS) is 12.1. The summed E-state index contributed by atoms with van der Waals surface area (Å²) in [6, 6.07) is 118. The number of carboxylic acid groups (broad SMARTS) is 1. The van der Waals surface area contributed by atoms with Crippen LogP contribution in [0.3, 0.4) is 0 Å². The third kappa shape index (κ3) is 36.8. The van der Waals surface area contributed by atoms with Crippen LogP contribution >= 0.6 is 179 Å². The summed E-state index contributed by atoms with van der Waals surface area (Å²) in [4.78, 5) is 73.7. The predicted molar refractivity (Wildman–Crippen MR) is 652 cm³/mol. The molecule has 0 amide bonds. The summed E-state index contributed by atoms with van der Waals surface area (Å²) in [5, 5.41) is 28.9. The Kier molecular flexibility index (Phi) is 55.5. The second kappa shape index (κ2) is 65.1. The van der Waals surface area contributed by atoms with Crippen molar-refractivity contribution < 1.29 is 57.4 Å². The Bertz CT molecular complexity index is 6340. The van der Waals surface area contributed by atoms with Crippen LogP contribution in [0.4, 0.5) is 79.6 Å². The van der Waals surface area contributed by atoms with E-state index in [0.717, 1.165) is 60.2 Å². The van der Waals surface area contributed by atoms with Crippen LogP contribution in [0.1, 0.15) is 83.6 Å². The number of ether oxygens (including phenoxy) is 1. The molecule has 0 aliphatic carbocycles. The van der Waals surface area contributed by atoms with Crippen molar-refractivity contribution in [2.45, 2.75) is 152 Å². The fourth-order valence-corrected chi connectivity index (χ4v) is 24.2. The minimum atomic E-state index is -4.39. The first-order valence-corrected chi connectivity index (χ1v) is 69.1. The number of nitrogens with one attached hydrogen (secondary N) is 1. The zero-order valence-corrected chi connectivity index (χ0v) is 93.6.